The molecule has 2 atom stereocenters. The van der Waals surface area contributed by atoms with E-state index in [0.717, 1.165) is 54.3 Å². The van der Waals surface area contributed by atoms with E-state index in [1.165, 1.54) is 0 Å². The van der Waals surface area contributed by atoms with Gasteiger partial charge in [0.15, 0.2) is 0 Å². The van der Waals surface area contributed by atoms with Crippen LogP contribution in [0.2, 0.25) is 0 Å². The van der Waals surface area contributed by atoms with Crippen LogP contribution in [0.4, 0.5) is 19.0 Å². The smallest absolute Gasteiger partial charge is 0.328 e. The lowest BCUT2D eigenvalue weighted by molar-refractivity contribution is -0.137. The number of halogens is 3. The van der Waals surface area contributed by atoms with E-state index in [2.05, 4.69) is 27.1 Å². The number of carbonyl (C=O) groups excluding carboxylic acids is 1. The van der Waals surface area contributed by atoms with Gasteiger partial charge in [-0.25, -0.2) is 4.98 Å². The van der Waals surface area contributed by atoms with E-state index < -0.39 is 17.6 Å². The van der Waals surface area contributed by atoms with Gasteiger partial charge in [-0.15, -0.1) is 0 Å². The Bertz CT molecular complexity index is 1280. The monoisotopic (exact) mass is 464 g/mol. The third-order valence-electron chi connectivity index (χ3n) is 5.87. The summed E-state index contributed by atoms with van der Waals surface area (Å²) in [6.45, 7) is 1.87. The minimum absolute atomic E-state index is 0.178. The summed E-state index contributed by atoms with van der Waals surface area (Å²) in [5.41, 5.74) is 8.80. The number of rotatable bonds is 3. The van der Waals surface area contributed by atoms with Crippen molar-refractivity contribution in [2.45, 2.75) is 44.3 Å². The van der Waals surface area contributed by atoms with Gasteiger partial charge in [0.05, 0.1) is 5.56 Å². The van der Waals surface area contributed by atoms with Crippen LogP contribution < -0.4 is 11.1 Å². The molecular formula is C26H23F3N4O. The van der Waals surface area contributed by atoms with Crippen LogP contribution in [0.1, 0.15) is 63.4 Å². The topological polar surface area (TPSA) is 80.9 Å². The molecular weight excluding hydrogens is 441 g/mol. The van der Waals surface area contributed by atoms with Crippen LogP contribution in [0.25, 0.3) is 0 Å². The number of hydrogen-bond acceptors (Lipinski definition) is 4. The number of nitrogens with zero attached hydrogens (tertiary/aromatic N) is 2. The number of aryl methyl sites for hydroxylation is 1. The van der Waals surface area contributed by atoms with Crippen LogP contribution in [0.5, 0.6) is 0 Å². The molecule has 0 bridgehead atoms. The van der Waals surface area contributed by atoms with Crippen LogP contribution in [-0.4, -0.2) is 21.9 Å². The molecule has 1 fully saturated rings. The summed E-state index contributed by atoms with van der Waals surface area (Å²) < 4.78 is 38.7. The molecule has 1 aromatic carbocycles. The molecule has 8 heteroatoms. The lowest BCUT2D eigenvalue weighted by Crippen LogP contribution is -2.14. The molecule has 2 aromatic heterocycles. The highest BCUT2D eigenvalue weighted by molar-refractivity contribution is 6.04. The summed E-state index contributed by atoms with van der Waals surface area (Å²) in [6, 6.07) is 8.83. The number of pyridine rings is 2. The fourth-order valence-electron chi connectivity index (χ4n) is 3.97. The molecule has 0 aliphatic heterocycles. The number of nitrogens with two attached hydrogens (primary N) is 1. The van der Waals surface area contributed by atoms with Crippen LogP contribution in [0.15, 0.2) is 55.0 Å². The molecule has 0 radical (unpaired) electrons. The minimum Gasteiger partial charge on any atom is -0.328 e. The number of aromatic nitrogens is 2. The van der Waals surface area contributed by atoms with Gasteiger partial charge in [0.25, 0.3) is 5.91 Å². The van der Waals surface area contributed by atoms with Crippen molar-refractivity contribution < 1.29 is 18.0 Å². The molecule has 1 aliphatic rings. The van der Waals surface area contributed by atoms with Gasteiger partial charge in [-0.05, 0) is 73.6 Å². The minimum atomic E-state index is -4.52. The SMILES string of the molecule is Cc1ccc(C(=O)Nc2cc(C(F)(F)F)ccn2)cc1C#Cc1cncc(C2CC[C@H](N)C2)c1. The number of anilines is 1. The zero-order valence-corrected chi connectivity index (χ0v) is 18.5. The van der Waals surface area contributed by atoms with E-state index in [1.54, 1.807) is 24.4 Å². The first kappa shape index (κ1) is 23.5. The molecule has 174 valence electrons. The number of carbonyl (C=O) groups is 1. The average Bonchev–Trinajstić information content (AvgIpc) is 3.24. The van der Waals surface area contributed by atoms with Crippen LogP contribution >= 0.6 is 0 Å². The summed E-state index contributed by atoms with van der Waals surface area (Å²) in [5.74, 6) is 5.83. The Balaban J connectivity index is 1.53. The molecule has 1 amide bonds. The van der Waals surface area contributed by atoms with Crippen LogP contribution in [0, 0.1) is 18.8 Å². The molecule has 3 aromatic rings. The van der Waals surface area contributed by atoms with E-state index >= 15 is 0 Å². The Hall–Kier alpha value is -3.70. The molecule has 2 heterocycles. The predicted molar refractivity (Wildman–Crippen MR) is 123 cm³/mol. The number of nitrogens with one attached hydrogen (secondary N) is 1. The second kappa shape index (κ2) is 9.65. The standard InChI is InChI=1S/C26H23F3N4O/c1-16-2-4-20(25(34)33-24-13-22(8-9-32-24)26(27,28)29)11-18(16)5-3-17-10-21(15-31-14-17)19-6-7-23(30)12-19/h2,4,8-11,13-15,19,23H,6-7,12,30H2,1H3,(H,32,33,34)/t19?,23-/m0/s1. The quantitative estimate of drug-likeness (QED) is 0.532. The zero-order valence-electron chi connectivity index (χ0n) is 18.5. The highest BCUT2D eigenvalue weighted by Gasteiger charge is 2.31. The second-order valence-corrected chi connectivity index (χ2v) is 8.44. The molecule has 34 heavy (non-hydrogen) atoms. The lowest BCUT2D eigenvalue weighted by atomic mass is 9.98. The van der Waals surface area contributed by atoms with Crippen LogP contribution in [-0.2, 0) is 6.18 Å². The van der Waals surface area contributed by atoms with Gasteiger partial charge >= 0.3 is 6.18 Å². The van der Waals surface area contributed by atoms with Gasteiger partial charge in [0, 0.05) is 41.3 Å². The van der Waals surface area contributed by atoms with Gasteiger partial charge in [0.2, 0.25) is 0 Å². The zero-order chi connectivity index (χ0) is 24.3. The van der Waals surface area contributed by atoms with E-state index in [0.29, 0.717) is 11.5 Å². The van der Waals surface area contributed by atoms with E-state index in [4.69, 9.17) is 5.73 Å². The Morgan fingerprint density at radius 1 is 1.12 bits per heavy atom. The lowest BCUT2D eigenvalue weighted by Gasteiger charge is -2.10. The first-order chi connectivity index (χ1) is 16.2. The van der Waals surface area contributed by atoms with E-state index in [1.807, 2.05) is 19.2 Å². The number of amides is 1. The molecule has 0 spiro atoms. The Morgan fingerprint density at radius 2 is 1.94 bits per heavy atom. The molecule has 1 aliphatic carbocycles. The van der Waals surface area contributed by atoms with Crippen molar-refractivity contribution >= 4 is 11.7 Å². The van der Waals surface area contributed by atoms with Crippen LogP contribution in [0.3, 0.4) is 0 Å². The predicted octanol–water partition coefficient (Wildman–Crippen LogP) is 5.05. The van der Waals surface area contributed by atoms with Gasteiger partial charge < -0.3 is 11.1 Å². The number of alkyl halides is 3. The first-order valence-corrected chi connectivity index (χ1v) is 10.9. The fraction of sp³-hybridized carbons (Fsp3) is 0.269. The van der Waals surface area contributed by atoms with E-state index in [-0.39, 0.29) is 17.4 Å². The maximum Gasteiger partial charge on any atom is 0.416 e. The Morgan fingerprint density at radius 3 is 2.68 bits per heavy atom. The summed E-state index contributed by atoms with van der Waals surface area (Å²) in [7, 11) is 0. The summed E-state index contributed by atoms with van der Waals surface area (Å²) >= 11 is 0. The van der Waals surface area contributed by atoms with Crippen molar-refractivity contribution in [2.75, 3.05) is 5.32 Å². The van der Waals surface area contributed by atoms with Gasteiger partial charge in [-0.3, -0.25) is 9.78 Å². The molecule has 1 saturated carbocycles. The van der Waals surface area contributed by atoms with Gasteiger partial charge in [-0.2, -0.15) is 13.2 Å². The van der Waals surface area contributed by atoms with Crippen molar-refractivity contribution in [3.05, 3.63) is 88.4 Å². The third kappa shape index (κ3) is 5.61. The molecule has 1 unspecified atom stereocenters. The summed E-state index contributed by atoms with van der Waals surface area (Å²) in [5, 5.41) is 2.41. The van der Waals surface area contributed by atoms with Crippen molar-refractivity contribution in [1.29, 1.82) is 0 Å². The number of hydrogen-bond donors (Lipinski definition) is 2. The fourth-order valence-corrected chi connectivity index (χ4v) is 3.97. The number of benzene rings is 1. The van der Waals surface area contributed by atoms with Gasteiger partial charge in [-0.1, -0.05) is 17.9 Å². The van der Waals surface area contributed by atoms with E-state index in [9.17, 15) is 18.0 Å². The maximum absolute atomic E-state index is 12.9. The molecule has 4 rings (SSSR count). The second-order valence-electron chi connectivity index (χ2n) is 8.44. The third-order valence-corrected chi connectivity index (χ3v) is 5.87. The molecule has 0 saturated heterocycles. The van der Waals surface area contributed by atoms with Crippen molar-refractivity contribution in [3.8, 4) is 11.8 Å². The maximum atomic E-state index is 12.9. The van der Waals surface area contributed by atoms with Gasteiger partial charge in [0.1, 0.15) is 5.82 Å². The molecule has 3 N–H and O–H groups in total. The average molecular weight is 464 g/mol. The first-order valence-electron chi connectivity index (χ1n) is 10.9. The van der Waals surface area contributed by atoms with Crippen molar-refractivity contribution in [3.63, 3.8) is 0 Å². The highest BCUT2D eigenvalue weighted by Crippen LogP contribution is 2.33. The van der Waals surface area contributed by atoms with Crippen molar-refractivity contribution in [1.82, 2.24) is 9.97 Å². The highest BCUT2D eigenvalue weighted by atomic mass is 19.4. The largest absolute Gasteiger partial charge is 0.416 e. The summed E-state index contributed by atoms with van der Waals surface area (Å²) in [4.78, 5) is 20.7. The summed E-state index contributed by atoms with van der Waals surface area (Å²) in [6.07, 6.45) is 3.01. The molecule has 5 nitrogen and oxygen atoms in total. The Kier molecular flexibility index (Phi) is 6.66. The Labute approximate surface area is 195 Å². The van der Waals surface area contributed by atoms with Crippen molar-refractivity contribution in [2.24, 2.45) is 5.73 Å². The normalized spacial score (nSPS) is 17.7.